The number of benzene rings is 1. The topological polar surface area (TPSA) is 58.5 Å². The average Bonchev–Trinajstić information content (AvgIpc) is 3.17. The molecular weight excluding hydrogens is 262 g/mol. The van der Waals surface area contributed by atoms with Crippen molar-refractivity contribution in [3.63, 3.8) is 0 Å². The Bertz CT molecular complexity index is 657. The fourth-order valence-electron chi connectivity index (χ4n) is 2.24. The highest BCUT2D eigenvalue weighted by atomic mass is 15.3. The van der Waals surface area contributed by atoms with Gasteiger partial charge in [0.25, 0.3) is 0 Å². The standard InChI is InChI=1S/C16H19N5/c1-13(16-17-7-8-18-16)19-9-15-10-20-21(12-15)11-14-5-3-2-4-6-14/h2-8,10,12-13,19H,9,11H2,1H3,(H,17,18). The Labute approximate surface area is 124 Å². The van der Waals surface area contributed by atoms with Crippen LogP contribution in [-0.2, 0) is 13.1 Å². The molecule has 3 rings (SSSR count). The predicted molar refractivity (Wildman–Crippen MR) is 81.6 cm³/mol. The molecule has 0 saturated carbocycles. The van der Waals surface area contributed by atoms with Gasteiger partial charge in [0, 0.05) is 30.7 Å². The fourth-order valence-corrected chi connectivity index (χ4v) is 2.24. The van der Waals surface area contributed by atoms with Gasteiger partial charge in [-0.15, -0.1) is 0 Å². The van der Waals surface area contributed by atoms with Crippen molar-refractivity contribution in [1.82, 2.24) is 25.1 Å². The number of rotatable bonds is 6. The van der Waals surface area contributed by atoms with Crippen LogP contribution in [0.1, 0.15) is 29.9 Å². The maximum absolute atomic E-state index is 4.41. The first-order valence-electron chi connectivity index (χ1n) is 7.09. The van der Waals surface area contributed by atoms with Gasteiger partial charge < -0.3 is 10.3 Å². The van der Waals surface area contributed by atoms with Crippen molar-refractivity contribution in [2.75, 3.05) is 0 Å². The van der Waals surface area contributed by atoms with Gasteiger partial charge in [0.15, 0.2) is 0 Å². The van der Waals surface area contributed by atoms with Crippen molar-refractivity contribution < 1.29 is 0 Å². The minimum absolute atomic E-state index is 0.192. The van der Waals surface area contributed by atoms with Crippen molar-refractivity contribution in [3.05, 3.63) is 72.1 Å². The molecule has 0 aliphatic carbocycles. The molecule has 5 heteroatoms. The molecule has 2 heterocycles. The van der Waals surface area contributed by atoms with E-state index < -0.39 is 0 Å². The summed E-state index contributed by atoms with van der Waals surface area (Å²) in [5.74, 6) is 0.951. The van der Waals surface area contributed by atoms with Crippen LogP contribution in [0, 0.1) is 0 Å². The van der Waals surface area contributed by atoms with Gasteiger partial charge in [0.1, 0.15) is 5.82 Å². The fraction of sp³-hybridized carbons (Fsp3) is 0.250. The molecule has 2 aromatic heterocycles. The van der Waals surface area contributed by atoms with Gasteiger partial charge in [-0.25, -0.2) is 4.98 Å². The average molecular weight is 281 g/mol. The van der Waals surface area contributed by atoms with E-state index in [9.17, 15) is 0 Å². The number of aromatic nitrogens is 4. The third-order valence-corrected chi connectivity index (χ3v) is 3.42. The number of aromatic amines is 1. The Balaban J connectivity index is 1.55. The molecule has 21 heavy (non-hydrogen) atoms. The highest BCUT2D eigenvalue weighted by molar-refractivity contribution is 5.15. The number of imidazole rings is 1. The molecule has 0 amide bonds. The Morgan fingerprint density at radius 1 is 1.24 bits per heavy atom. The van der Waals surface area contributed by atoms with E-state index in [4.69, 9.17) is 0 Å². The van der Waals surface area contributed by atoms with E-state index in [1.54, 1.807) is 6.20 Å². The van der Waals surface area contributed by atoms with E-state index in [0.29, 0.717) is 0 Å². The van der Waals surface area contributed by atoms with Gasteiger partial charge in [-0.2, -0.15) is 5.10 Å². The van der Waals surface area contributed by atoms with Crippen molar-refractivity contribution in [2.45, 2.75) is 26.1 Å². The van der Waals surface area contributed by atoms with Crippen LogP contribution in [0.15, 0.2) is 55.1 Å². The summed E-state index contributed by atoms with van der Waals surface area (Å²) in [7, 11) is 0. The quantitative estimate of drug-likeness (QED) is 0.730. The summed E-state index contributed by atoms with van der Waals surface area (Å²) in [6.45, 7) is 3.67. The van der Waals surface area contributed by atoms with Gasteiger partial charge >= 0.3 is 0 Å². The summed E-state index contributed by atoms with van der Waals surface area (Å²) in [6.07, 6.45) is 7.59. The Hall–Kier alpha value is -2.40. The molecule has 0 saturated heterocycles. The molecule has 108 valence electrons. The summed E-state index contributed by atoms with van der Waals surface area (Å²) >= 11 is 0. The first-order chi connectivity index (χ1) is 10.3. The molecule has 1 aromatic carbocycles. The molecule has 0 aliphatic rings. The molecule has 1 atom stereocenters. The van der Waals surface area contributed by atoms with Gasteiger partial charge in [0.2, 0.25) is 0 Å². The molecule has 5 nitrogen and oxygen atoms in total. The Morgan fingerprint density at radius 2 is 2.10 bits per heavy atom. The van der Waals surface area contributed by atoms with E-state index in [1.165, 1.54) is 11.1 Å². The van der Waals surface area contributed by atoms with Gasteiger partial charge in [-0.3, -0.25) is 4.68 Å². The predicted octanol–water partition coefficient (Wildman–Crippen LogP) is 2.51. The van der Waals surface area contributed by atoms with Gasteiger partial charge in [-0.05, 0) is 12.5 Å². The zero-order valence-corrected chi connectivity index (χ0v) is 12.0. The van der Waals surface area contributed by atoms with E-state index in [0.717, 1.165) is 18.9 Å². The summed E-state index contributed by atoms with van der Waals surface area (Å²) in [5, 5.41) is 7.84. The van der Waals surface area contributed by atoms with E-state index in [1.807, 2.05) is 35.3 Å². The summed E-state index contributed by atoms with van der Waals surface area (Å²) in [4.78, 5) is 7.37. The summed E-state index contributed by atoms with van der Waals surface area (Å²) in [5.41, 5.74) is 2.42. The van der Waals surface area contributed by atoms with E-state index >= 15 is 0 Å². The maximum atomic E-state index is 4.41. The Morgan fingerprint density at radius 3 is 2.86 bits per heavy atom. The molecule has 0 spiro atoms. The first-order valence-corrected chi connectivity index (χ1v) is 7.09. The second-order valence-electron chi connectivity index (χ2n) is 5.11. The minimum atomic E-state index is 0.192. The summed E-state index contributed by atoms with van der Waals surface area (Å²) in [6, 6.07) is 10.5. The summed E-state index contributed by atoms with van der Waals surface area (Å²) < 4.78 is 1.96. The van der Waals surface area contributed by atoms with Gasteiger partial charge in [-0.1, -0.05) is 30.3 Å². The zero-order valence-electron chi connectivity index (χ0n) is 12.0. The monoisotopic (exact) mass is 281 g/mol. The lowest BCUT2D eigenvalue weighted by Crippen LogP contribution is -2.18. The van der Waals surface area contributed by atoms with Crippen LogP contribution in [0.2, 0.25) is 0 Å². The lowest BCUT2D eigenvalue weighted by molar-refractivity contribution is 0.550. The molecule has 0 bridgehead atoms. The highest BCUT2D eigenvalue weighted by Gasteiger charge is 2.07. The lowest BCUT2D eigenvalue weighted by atomic mass is 10.2. The molecule has 2 N–H and O–H groups in total. The highest BCUT2D eigenvalue weighted by Crippen LogP contribution is 2.08. The molecule has 0 fully saturated rings. The lowest BCUT2D eigenvalue weighted by Gasteiger charge is -2.09. The number of H-pyrrole nitrogens is 1. The molecular formula is C16H19N5. The second-order valence-corrected chi connectivity index (χ2v) is 5.11. The third-order valence-electron chi connectivity index (χ3n) is 3.42. The Kier molecular flexibility index (Phi) is 4.12. The van der Waals surface area contributed by atoms with Crippen molar-refractivity contribution in [1.29, 1.82) is 0 Å². The molecule has 0 radical (unpaired) electrons. The van der Waals surface area contributed by atoms with Crippen LogP contribution in [-0.4, -0.2) is 19.7 Å². The van der Waals surface area contributed by atoms with Crippen LogP contribution in [0.5, 0.6) is 0 Å². The second kappa shape index (κ2) is 6.37. The van der Waals surface area contributed by atoms with Crippen LogP contribution in [0.4, 0.5) is 0 Å². The normalized spacial score (nSPS) is 12.4. The zero-order chi connectivity index (χ0) is 14.5. The number of hydrogen-bond acceptors (Lipinski definition) is 3. The van der Waals surface area contributed by atoms with Crippen molar-refractivity contribution in [2.24, 2.45) is 0 Å². The maximum Gasteiger partial charge on any atom is 0.122 e. The molecule has 1 unspecified atom stereocenters. The number of hydrogen-bond donors (Lipinski definition) is 2. The van der Waals surface area contributed by atoms with Crippen LogP contribution < -0.4 is 5.32 Å². The minimum Gasteiger partial charge on any atom is -0.347 e. The van der Waals surface area contributed by atoms with Crippen LogP contribution in [0.25, 0.3) is 0 Å². The van der Waals surface area contributed by atoms with E-state index in [2.05, 4.69) is 45.6 Å². The van der Waals surface area contributed by atoms with E-state index in [-0.39, 0.29) is 6.04 Å². The van der Waals surface area contributed by atoms with Gasteiger partial charge in [0.05, 0.1) is 18.8 Å². The SMILES string of the molecule is CC(NCc1cnn(Cc2ccccc2)c1)c1ncc[nH]1. The smallest absolute Gasteiger partial charge is 0.122 e. The molecule has 3 aromatic rings. The third kappa shape index (κ3) is 3.58. The van der Waals surface area contributed by atoms with Crippen molar-refractivity contribution >= 4 is 0 Å². The molecule has 0 aliphatic heterocycles. The van der Waals surface area contributed by atoms with Crippen molar-refractivity contribution in [3.8, 4) is 0 Å². The largest absolute Gasteiger partial charge is 0.347 e. The number of nitrogens with zero attached hydrogens (tertiary/aromatic N) is 3. The van der Waals surface area contributed by atoms with Crippen LogP contribution >= 0.6 is 0 Å². The van der Waals surface area contributed by atoms with Crippen LogP contribution in [0.3, 0.4) is 0 Å². The first kappa shape index (κ1) is 13.6. The number of nitrogens with one attached hydrogen (secondary N) is 2.